The molecule has 1 saturated heterocycles. The van der Waals surface area contributed by atoms with Gasteiger partial charge in [-0.25, -0.2) is 9.50 Å². The van der Waals surface area contributed by atoms with Gasteiger partial charge in [-0.05, 0) is 11.6 Å². The van der Waals surface area contributed by atoms with Crippen LogP contribution in [0.15, 0.2) is 18.6 Å². The Balaban J connectivity index is 0.000000730. The standard InChI is InChI=1S/C14H15ClN4O2.2C2H6/c1-8-12(20)18(13(21)14(8,2)3)5-9-4-10-11(15)16-7-17-19(10)6-9;2*1-2/h4,6-8H,5H2,1-3H3;2*1-2H3. The first-order valence-electron chi connectivity index (χ1n) is 8.66. The quantitative estimate of drug-likeness (QED) is 0.754. The van der Waals surface area contributed by atoms with E-state index in [1.54, 1.807) is 37.5 Å². The van der Waals surface area contributed by atoms with Crippen molar-refractivity contribution < 1.29 is 9.59 Å². The van der Waals surface area contributed by atoms with Crippen LogP contribution in [-0.2, 0) is 16.1 Å². The van der Waals surface area contributed by atoms with Gasteiger partial charge in [0.15, 0.2) is 5.15 Å². The smallest absolute Gasteiger partial charge is 0.235 e. The number of hydrogen-bond acceptors (Lipinski definition) is 4. The van der Waals surface area contributed by atoms with Crippen LogP contribution in [0.1, 0.15) is 54.0 Å². The fourth-order valence-electron chi connectivity index (χ4n) is 2.55. The maximum absolute atomic E-state index is 12.4. The van der Waals surface area contributed by atoms with Gasteiger partial charge in [-0.15, -0.1) is 0 Å². The van der Waals surface area contributed by atoms with Crippen LogP contribution >= 0.6 is 11.6 Å². The Morgan fingerprint density at radius 3 is 2.28 bits per heavy atom. The van der Waals surface area contributed by atoms with E-state index in [2.05, 4.69) is 10.1 Å². The van der Waals surface area contributed by atoms with Crippen LogP contribution in [0.3, 0.4) is 0 Å². The van der Waals surface area contributed by atoms with Gasteiger partial charge in [-0.3, -0.25) is 14.5 Å². The molecule has 1 fully saturated rings. The van der Waals surface area contributed by atoms with E-state index in [1.165, 1.54) is 11.2 Å². The molecule has 7 heteroatoms. The maximum atomic E-state index is 12.4. The third-order valence-corrected chi connectivity index (χ3v) is 4.56. The molecule has 1 aliphatic rings. The lowest BCUT2D eigenvalue weighted by Crippen LogP contribution is -2.32. The molecule has 2 amide bonds. The molecule has 0 bridgehead atoms. The highest BCUT2D eigenvalue weighted by Gasteiger charge is 2.50. The maximum Gasteiger partial charge on any atom is 0.235 e. The molecule has 1 unspecified atom stereocenters. The lowest BCUT2D eigenvalue weighted by atomic mass is 9.82. The van der Waals surface area contributed by atoms with E-state index in [-0.39, 0.29) is 24.3 Å². The monoisotopic (exact) mass is 366 g/mol. The van der Waals surface area contributed by atoms with Crippen molar-refractivity contribution in [2.75, 3.05) is 0 Å². The van der Waals surface area contributed by atoms with E-state index < -0.39 is 5.41 Å². The van der Waals surface area contributed by atoms with Gasteiger partial charge in [0.05, 0.1) is 12.0 Å². The average Bonchev–Trinajstić information content (AvgIpc) is 3.10. The molecule has 0 radical (unpaired) electrons. The van der Waals surface area contributed by atoms with Gasteiger partial charge < -0.3 is 0 Å². The molecule has 138 valence electrons. The van der Waals surface area contributed by atoms with E-state index in [4.69, 9.17) is 11.6 Å². The Kier molecular flexibility index (Phi) is 7.11. The van der Waals surface area contributed by atoms with E-state index in [0.29, 0.717) is 10.7 Å². The molecule has 3 heterocycles. The third-order valence-electron chi connectivity index (χ3n) is 4.27. The van der Waals surface area contributed by atoms with Crippen molar-refractivity contribution in [2.24, 2.45) is 11.3 Å². The summed E-state index contributed by atoms with van der Waals surface area (Å²) in [5.41, 5.74) is 0.790. The normalized spacial score (nSPS) is 18.6. The summed E-state index contributed by atoms with van der Waals surface area (Å²) in [4.78, 5) is 29.9. The molecule has 0 saturated carbocycles. The number of hydrogen-bond donors (Lipinski definition) is 0. The van der Waals surface area contributed by atoms with Gasteiger partial charge in [0.2, 0.25) is 11.8 Å². The second-order valence-corrected chi connectivity index (χ2v) is 6.26. The second kappa shape index (κ2) is 8.43. The highest BCUT2D eigenvalue weighted by molar-refractivity contribution is 6.32. The molecule has 2 aromatic rings. The van der Waals surface area contributed by atoms with E-state index in [0.717, 1.165) is 5.56 Å². The molecule has 2 aromatic heterocycles. The van der Waals surface area contributed by atoms with Crippen LogP contribution in [0.4, 0.5) is 0 Å². The minimum atomic E-state index is -0.659. The lowest BCUT2D eigenvalue weighted by Gasteiger charge is -2.18. The lowest BCUT2D eigenvalue weighted by molar-refractivity contribution is -0.141. The largest absolute Gasteiger partial charge is 0.277 e. The predicted octanol–water partition coefficient (Wildman–Crippen LogP) is 3.97. The van der Waals surface area contributed by atoms with Crippen molar-refractivity contribution in [3.05, 3.63) is 29.3 Å². The Labute approximate surface area is 154 Å². The minimum Gasteiger partial charge on any atom is -0.277 e. The highest BCUT2D eigenvalue weighted by Crippen LogP contribution is 2.38. The summed E-state index contributed by atoms with van der Waals surface area (Å²) >= 11 is 5.99. The molecule has 25 heavy (non-hydrogen) atoms. The Morgan fingerprint density at radius 1 is 1.20 bits per heavy atom. The minimum absolute atomic E-state index is 0.141. The zero-order chi connectivity index (χ0) is 19.4. The first kappa shape index (κ1) is 21.1. The molecule has 0 spiro atoms. The number of likely N-dealkylation sites (tertiary alicyclic amines) is 1. The number of fused-ring (bicyclic) bond motifs is 1. The summed E-state index contributed by atoms with van der Waals surface area (Å²) in [5.74, 6) is -0.602. The third kappa shape index (κ3) is 3.84. The van der Waals surface area contributed by atoms with Crippen LogP contribution in [-0.4, -0.2) is 31.3 Å². The van der Waals surface area contributed by atoms with Crippen LogP contribution in [0, 0.1) is 11.3 Å². The molecule has 1 aliphatic heterocycles. The number of imide groups is 1. The van der Waals surface area contributed by atoms with Crippen LogP contribution in [0.5, 0.6) is 0 Å². The van der Waals surface area contributed by atoms with Crippen LogP contribution in [0.25, 0.3) is 5.52 Å². The highest BCUT2D eigenvalue weighted by atomic mass is 35.5. The fraction of sp³-hybridized carbons (Fsp3) is 0.556. The van der Waals surface area contributed by atoms with Crippen molar-refractivity contribution in [3.8, 4) is 0 Å². The van der Waals surface area contributed by atoms with Gasteiger partial charge >= 0.3 is 0 Å². The number of amides is 2. The van der Waals surface area contributed by atoms with E-state index in [1.807, 2.05) is 27.7 Å². The first-order valence-corrected chi connectivity index (χ1v) is 9.03. The van der Waals surface area contributed by atoms with Crippen LogP contribution < -0.4 is 0 Å². The molecule has 3 rings (SSSR count). The first-order chi connectivity index (χ1) is 11.8. The zero-order valence-electron chi connectivity index (χ0n) is 16.0. The zero-order valence-corrected chi connectivity index (χ0v) is 16.8. The van der Waals surface area contributed by atoms with Crippen molar-refractivity contribution >= 4 is 28.9 Å². The van der Waals surface area contributed by atoms with Crippen molar-refractivity contribution in [3.63, 3.8) is 0 Å². The van der Waals surface area contributed by atoms with Gasteiger partial charge in [-0.2, -0.15) is 5.10 Å². The van der Waals surface area contributed by atoms with Crippen molar-refractivity contribution in [1.29, 1.82) is 0 Å². The van der Waals surface area contributed by atoms with Crippen molar-refractivity contribution in [1.82, 2.24) is 19.5 Å². The topological polar surface area (TPSA) is 67.6 Å². The number of carbonyl (C=O) groups is 2. The molecule has 6 nitrogen and oxygen atoms in total. The molecule has 1 atom stereocenters. The van der Waals surface area contributed by atoms with Gasteiger partial charge in [0, 0.05) is 12.1 Å². The molecule has 0 aliphatic carbocycles. The number of carbonyl (C=O) groups excluding carboxylic acids is 2. The average molecular weight is 367 g/mol. The fourth-order valence-corrected chi connectivity index (χ4v) is 2.73. The second-order valence-electron chi connectivity index (χ2n) is 5.90. The van der Waals surface area contributed by atoms with Gasteiger partial charge in [0.1, 0.15) is 11.8 Å². The van der Waals surface area contributed by atoms with E-state index >= 15 is 0 Å². The Hall–Kier alpha value is -1.95. The Morgan fingerprint density at radius 2 is 1.80 bits per heavy atom. The number of halogens is 1. The number of aromatic nitrogens is 3. The van der Waals surface area contributed by atoms with Crippen molar-refractivity contribution in [2.45, 2.75) is 55.0 Å². The van der Waals surface area contributed by atoms with Gasteiger partial charge in [0.25, 0.3) is 0 Å². The molecule has 0 N–H and O–H groups in total. The van der Waals surface area contributed by atoms with Crippen LogP contribution in [0.2, 0.25) is 5.15 Å². The molecule has 0 aromatic carbocycles. The summed E-state index contributed by atoms with van der Waals surface area (Å²) < 4.78 is 1.59. The SMILES string of the molecule is CC.CC.CC1C(=O)N(Cc2cc3c(Cl)ncnn3c2)C(=O)C1(C)C. The molecular formula is C18H27ClN4O2. The van der Waals surface area contributed by atoms with E-state index in [9.17, 15) is 9.59 Å². The number of nitrogens with zero attached hydrogens (tertiary/aromatic N) is 4. The Bertz CT molecular complexity index is 755. The number of rotatable bonds is 2. The predicted molar refractivity (Wildman–Crippen MR) is 99.2 cm³/mol. The summed E-state index contributed by atoms with van der Waals surface area (Å²) in [6, 6.07) is 1.79. The summed E-state index contributed by atoms with van der Waals surface area (Å²) in [6.07, 6.45) is 3.11. The summed E-state index contributed by atoms with van der Waals surface area (Å²) in [5, 5.41) is 4.39. The molecular weight excluding hydrogens is 340 g/mol. The summed E-state index contributed by atoms with van der Waals surface area (Å²) in [6.45, 7) is 13.6. The summed E-state index contributed by atoms with van der Waals surface area (Å²) in [7, 11) is 0. The van der Waals surface area contributed by atoms with Gasteiger partial charge in [-0.1, -0.05) is 60.1 Å².